The number of ether oxygens (including phenoxy) is 2. The summed E-state index contributed by atoms with van der Waals surface area (Å²) in [7, 11) is 1.22. The fraction of sp³-hybridized carbons (Fsp3) is 0.714. The predicted molar refractivity (Wildman–Crippen MR) is 38.8 cm³/mol. The van der Waals surface area contributed by atoms with Crippen LogP contribution < -0.4 is 0 Å². The topological polar surface area (TPSA) is 93.1 Å². The second-order valence-electron chi connectivity index (χ2n) is 2.64. The monoisotopic (exact) mass is 190 g/mol. The molecule has 2 N–H and O–H groups in total. The van der Waals surface area contributed by atoms with Crippen LogP contribution in [0.25, 0.3) is 0 Å². The summed E-state index contributed by atoms with van der Waals surface area (Å²) >= 11 is 0. The van der Waals surface area contributed by atoms with Gasteiger partial charge in [-0.15, -0.1) is 0 Å². The van der Waals surface area contributed by atoms with Crippen molar-refractivity contribution in [1.82, 2.24) is 0 Å². The smallest absolute Gasteiger partial charge is 0.378 e. The fourth-order valence-corrected chi connectivity index (χ4v) is 1.13. The molecule has 1 saturated heterocycles. The molecule has 0 amide bonds. The molecule has 0 aromatic rings. The van der Waals surface area contributed by atoms with E-state index < -0.39 is 36.7 Å². The van der Waals surface area contributed by atoms with Gasteiger partial charge in [0.2, 0.25) is 0 Å². The number of hydrogen-bond donors (Lipinski definition) is 2. The molecule has 1 aliphatic rings. The first-order valence-electron chi connectivity index (χ1n) is 3.68. The minimum absolute atomic E-state index is 0.592. The number of ketones is 1. The van der Waals surface area contributed by atoms with Crippen LogP contribution in [-0.2, 0) is 19.1 Å². The second kappa shape index (κ2) is 3.82. The van der Waals surface area contributed by atoms with E-state index in [9.17, 15) is 9.59 Å². The van der Waals surface area contributed by atoms with Crippen LogP contribution >= 0.6 is 0 Å². The third-order valence-corrected chi connectivity index (χ3v) is 1.82. The minimum atomic E-state index is -1.29. The highest BCUT2D eigenvalue weighted by Crippen LogP contribution is 2.17. The molecule has 0 aromatic carbocycles. The van der Waals surface area contributed by atoms with Crippen molar-refractivity contribution in [2.45, 2.75) is 18.3 Å². The molecular formula is C7H10O6. The Morgan fingerprint density at radius 3 is 2.69 bits per heavy atom. The van der Waals surface area contributed by atoms with Gasteiger partial charge in [-0.1, -0.05) is 0 Å². The molecule has 74 valence electrons. The minimum Gasteiger partial charge on any atom is -0.450 e. The molecule has 6 nitrogen and oxygen atoms in total. The van der Waals surface area contributed by atoms with E-state index in [0.29, 0.717) is 0 Å². The van der Waals surface area contributed by atoms with E-state index in [1.165, 1.54) is 7.11 Å². The first kappa shape index (κ1) is 10.1. The molecule has 3 unspecified atom stereocenters. The van der Waals surface area contributed by atoms with Crippen molar-refractivity contribution in [3.63, 3.8) is 0 Å². The molecule has 3 atom stereocenters. The van der Waals surface area contributed by atoms with Crippen LogP contribution in [0.5, 0.6) is 0 Å². The van der Waals surface area contributed by atoms with Gasteiger partial charge in [0, 0.05) is 7.11 Å². The van der Waals surface area contributed by atoms with E-state index in [-0.39, 0.29) is 0 Å². The second-order valence-corrected chi connectivity index (χ2v) is 2.64. The van der Waals surface area contributed by atoms with Gasteiger partial charge in [0.25, 0.3) is 5.78 Å². The Balaban J connectivity index is 2.76. The quantitative estimate of drug-likeness (QED) is 0.389. The summed E-state index contributed by atoms with van der Waals surface area (Å²) in [6.45, 7) is -0.592. The van der Waals surface area contributed by atoms with E-state index >= 15 is 0 Å². The van der Waals surface area contributed by atoms with Crippen molar-refractivity contribution in [3.05, 3.63) is 0 Å². The molecule has 1 aliphatic heterocycles. The number of hydrogen-bond acceptors (Lipinski definition) is 6. The van der Waals surface area contributed by atoms with Gasteiger partial charge in [-0.25, -0.2) is 4.79 Å². The van der Waals surface area contributed by atoms with E-state index in [4.69, 9.17) is 10.2 Å². The van der Waals surface area contributed by atoms with Gasteiger partial charge in [-0.2, -0.15) is 0 Å². The standard InChI is InChI=1S/C7H10O6/c1-12-6-4(10)7(11)13-5(6)3(9)2-8/h3,5-6,8-9H,2H2,1H3. The van der Waals surface area contributed by atoms with Crippen LogP contribution in [0, 0.1) is 0 Å². The van der Waals surface area contributed by atoms with Gasteiger partial charge in [0.15, 0.2) is 12.2 Å². The maximum absolute atomic E-state index is 11.0. The lowest BCUT2D eigenvalue weighted by Gasteiger charge is -2.18. The molecule has 13 heavy (non-hydrogen) atoms. The molecule has 0 bridgehead atoms. The molecule has 0 saturated carbocycles. The van der Waals surface area contributed by atoms with Crippen molar-refractivity contribution in [1.29, 1.82) is 0 Å². The van der Waals surface area contributed by atoms with Gasteiger partial charge >= 0.3 is 5.97 Å². The number of cyclic esters (lactones) is 1. The Hall–Kier alpha value is -0.980. The van der Waals surface area contributed by atoms with Gasteiger partial charge in [0.05, 0.1) is 6.61 Å². The summed E-state index contributed by atoms with van der Waals surface area (Å²) in [5, 5.41) is 17.7. The maximum Gasteiger partial charge on any atom is 0.378 e. The van der Waals surface area contributed by atoms with Gasteiger partial charge in [-0.3, -0.25) is 4.79 Å². The lowest BCUT2D eigenvalue weighted by atomic mass is 10.1. The lowest BCUT2D eigenvalue weighted by Crippen LogP contribution is -2.40. The molecule has 0 spiro atoms. The van der Waals surface area contributed by atoms with Crippen LogP contribution in [0.2, 0.25) is 0 Å². The van der Waals surface area contributed by atoms with E-state index in [0.717, 1.165) is 0 Å². The van der Waals surface area contributed by atoms with Gasteiger partial charge in [0.1, 0.15) is 6.10 Å². The first-order chi connectivity index (χ1) is 6.11. The zero-order chi connectivity index (χ0) is 10.0. The Labute approximate surface area is 74.1 Å². The van der Waals surface area contributed by atoms with Crippen molar-refractivity contribution >= 4 is 11.8 Å². The van der Waals surface area contributed by atoms with E-state index in [1.54, 1.807) is 0 Å². The summed E-state index contributed by atoms with van der Waals surface area (Å²) in [5.41, 5.74) is 0. The van der Waals surface area contributed by atoms with E-state index in [2.05, 4.69) is 9.47 Å². The van der Waals surface area contributed by atoms with Crippen molar-refractivity contribution in [2.24, 2.45) is 0 Å². The number of methoxy groups -OCH3 is 1. The SMILES string of the molecule is COC1C(=O)C(=O)OC1C(O)CO. The highest BCUT2D eigenvalue weighted by Gasteiger charge is 2.47. The first-order valence-corrected chi connectivity index (χ1v) is 3.68. The van der Waals surface area contributed by atoms with E-state index in [1.807, 2.05) is 0 Å². The van der Waals surface area contributed by atoms with Crippen LogP contribution in [0.1, 0.15) is 0 Å². The number of esters is 1. The molecule has 1 fully saturated rings. The molecule has 6 heteroatoms. The Bertz CT molecular complexity index is 225. The fourth-order valence-electron chi connectivity index (χ4n) is 1.13. The van der Waals surface area contributed by atoms with Crippen LogP contribution in [-0.4, -0.2) is 54.0 Å². The van der Waals surface area contributed by atoms with Crippen molar-refractivity contribution < 1.29 is 29.3 Å². The summed E-state index contributed by atoms with van der Waals surface area (Å²) < 4.78 is 9.17. The Morgan fingerprint density at radius 2 is 2.23 bits per heavy atom. The van der Waals surface area contributed by atoms with Gasteiger partial charge in [-0.05, 0) is 0 Å². The number of aliphatic hydroxyl groups excluding tert-OH is 2. The summed E-state index contributed by atoms with van der Waals surface area (Å²) in [4.78, 5) is 21.7. The van der Waals surface area contributed by atoms with Crippen molar-refractivity contribution in [2.75, 3.05) is 13.7 Å². The Morgan fingerprint density at radius 1 is 1.62 bits per heavy atom. The third-order valence-electron chi connectivity index (χ3n) is 1.82. The maximum atomic E-state index is 11.0. The Kier molecular flexibility index (Phi) is 2.97. The zero-order valence-corrected chi connectivity index (χ0v) is 6.97. The molecule has 1 rings (SSSR count). The molecule has 1 heterocycles. The largest absolute Gasteiger partial charge is 0.450 e. The summed E-state index contributed by atoms with van der Waals surface area (Å²) in [6.07, 6.45) is -3.51. The average Bonchev–Trinajstić information content (AvgIpc) is 2.42. The van der Waals surface area contributed by atoms with Crippen LogP contribution in [0.4, 0.5) is 0 Å². The number of carbonyl (C=O) groups excluding carboxylic acids is 2. The molecule has 0 aliphatic carbocycles. The number of rotatable bonds is 3. The third kappa shape index (κ3) is 1.69. The number of carbonyl (C=O) groups is 2. The van der Waals surface area contributed by atoms with Crippen LogP contribution in [0.15, 0.2) is 0 Å². The molecule has 0 aromatic heterocycles. The summed E-state index contributed by atoms with van der Waals surface area (Å²) in [5.74, 6) is -1.87. The van der Waals surface area contributed by atoms with Crippen LogP contribution in [0.3, 0.4) is 0 Å². The lowest BCUT2D eigenvalue weighted by molar-refractivity contribution is -0.152. The van der Waals surface area contributed by atoms with Gasteiger partial charge < -0.3 is 19.7 Å². The molecular weight excluding hydrogens is 180 g/mol. The highest BCUT2D eigenvalue weighted by atomic mass is 16.6. The number of Topliss-reactive ketones (excluding diaryl/α,β-unsaturated/α-hetero) is 1. The van der Waals surface area contributed by atoms with Crippen molar-refractivity contribution in [3.8, 4) is 0 Å². The zero-order valence-electron chi connectivity index (χ0n) is 6.97. The molecule has 0 radical (unpaired) electrons. The summed E-state index contributed by atoms with van der Waals surface area (Å²) in [6, 6.07) is 0. The highest BCUT2D eigenvalue weighted by molar-refractivity contribution is 6.37. The number of aliphatic hydroxyl groups is 2. The average molecular weight is 190 g/mol. The normalized spacial score (nSPS) is 30.4. The predicted octanol–water partition coefficient (Wildman–Crippen LogP) is -2.15.